The Hall–Kier alpha value is 0.336. The summed E-state index contributed by atoms with van der Waals surface area (Å²) in [7, 11) is 0. The number of allylic oxidation sites excluding steroid dienone is 4. The Morgan fingerprint density at radius 1 is 1.30 bits per heavy atom. The molecule has 4 aliphatic rings. The van der Waals surface area contributed by atoms with Crippen LogP contribution in [0.3, 0.4) is 0 Å². The number of Topliss-reactive ketones (excluding diaryl/α,β-unsaturated/α-hetero) is 1. The van der Waals surface area contributed by atoms with Gasteiger partial charge in [0.2, 0.25) is 0 Å². The average Bonchev–Trinajstić information content (AvgIpc) is 2.86. The van der Waals surface area contributed by atoms with Gasteiger partial charge in [0.15, 0.2) is 11.6 Å². The molecule has 3 fully saturated rings. The van der Waals surface area contributed by atoms with E-state index in [1.54, 1.807) is 12.2 Å². The quantitative estimate of drug-likeness (QED) is 0.599. The monoisotopic (exact) mass is 400 g/mol. The molecule has 0 unspecified atom stereocenters. The molecule has 0 aromatic carbocycles. The summed E-state index contributed by atoms with van der Waals surface area (Å²) in [6.45, 7) is 3.34. The number of aliphatic hydroxyl groups is 3. The van der Waals surface area contributed by atoms with Gasteiger partial charge in [-0.05, 0) is 56.1 Å². The van der Waals surface area contributed by atoms with Gasteiger partial charge in [0, 0.05) is 16.7 Å². The van der Waals surface area contributed by atoms with Crippen LogP contribution in [0.15, 0.2) is 23.8 Å². The third-order valence-electron chi connectivity index (χ3n) is 8.25. The zero-order valence-corrected chi connectivity index (χ0v) is 15.4. The maximum absolute atomic E-state index is 12.4. The van der Waals surface area contributed by atoms with Crippen LogP contribution in [0.5, 0.6) is 0 Å². The van der Waals surface area contributed by atoms with Crippen molar-refractivity contribution in [2.45, 2.75) is 57.7 Å². The van der Waals surface area contributed by atoms with Crippen LogP contribution >= 0.6 is 0 Å². The molecule has 7 atom stereocenters. The second-order valence-electron chi connectivity index (χ2n) is 9.19. The normalized spacial score (nSPS) is 48.0. The van der Waals surface area contributed by atoms with Gasteiger partial charge in [-0.2, -0.15) is 0 Å². The van der Waals surface area contributed by atoms with E-state index < -0.39 is 29.5 Å². The van der Waals surface area contributed by atoms with Gasteiger partial charge in [0.25, 0.3) is 0 Å². The Balaban J connectivity index is 0.00000210. The molecule has 0 heterocycles. The molecule has 0 saturated heterocycles. The number of fused-ring (bicyclic) bond motifs is 5. The molecule has 0 aromatic rings. The van der Waals surface area contributed by atoms with Crippen molar-refractivity contribution >= 4 is 63.0 Å². The predicted octanol–water partition coefficient (Wildman–Crippen LogP) is 0.909. The van der Waals surface area contributed by atoms with Crippen molar-refractivity contribution in [2.24, 2.45) is 28.6 Å². The number of carbonyl (C=O) groups is 2. The minimum atomic E-state index is -1.56. The fourth-order valence-corrected chi connectivity index (χ4v) is 6.92. The third-order valence-corrected chi connectivity index (χ3v) is 8.25. The third kappa shape index (κ3) is 2.90. The number of hydrogen-bond acceptors (Lipinski definition) is 5. The van der Waals surface area contributed by atoms with E-state index in [0.717, 1.165) is 24.8 Å². The van der Waals surface area contributed by atoms with Crippen LogP contribution in [-0.2, 0) is 9.59 Å². The van der Waals surface area contributed by atoms with E-state index >= 15 is 0 Å². The zero-order chi connectivity index (χ0) is 18.9. The zero-order valence-electron chi connectivity index (χ0n) is 15.4. The van der Waals surface area contributed by atoms with Gasteiger partial charge in [0.1, 0.15) is 12.2 Å². The van der Waals surface area contributed by atoms with Gasteiger partial charge in [-0.15, -0.1) is 0 Å². The summed E-state index contributed by atoms with van der Waals surface area (Å²) >= 11 is 0. The van der Waals surface area contributed by atoms with Crippen LogP contribution in [0.1, 0.15) is 46.0 Å². The predicted molar refractivity (Wildman–Crippen MR) is 102 cm³/mol. The molecule has 0 spiro atoms. The Kier molecular flexibility index (Phi) is 5.90. The average molecular weight is 401 g/mol. The van der Waals surface area contributed by atoms with Gasteiger partial charge in [-0.1, -0.05) is 25.5 Å². The van der Waals surface area contributed by atoms with Gasteiger partial charge >= 0.3 is 51.4 Å². The first-order chi connectivity index (χ1) is 12.2. The Morgan fingerprint density at radius 2 is 2.00 bits per heavy atom. The van der Waals surface area contributed by atoms with E-state index in [-0.39, 0.29) is 80.3 Å². The first kappa shape index (κ1) is 22.0. The molecule has 27 heavy (non-hydrogen) atoms. The summed E-state index contributed by atoms with van der Waals surface area (Å²) in [6, 6.07) is 0. The number of ketones is 2. The SMILES string of the molecule is C[C@]12C=CC(=O)C=C1CC[C@@H]1[C@@H]2[C@@H](O)C[C@@]2(C)[C@H]1CC[C@]2(O)C(=O)CO.[KH]. The van der Waals surface area contributed by atoms with Crippen molar-refractivity contribution in [2.75, 3.05) is 6.61 Å². The van der Waals surface area contributed by atoms with Crippen LogP contribution in [0.4, 0.5) is 0 Å². The molecule has 0 aliphatic heterocycles. The summed E-state index contributed by atoms with van der Waals surface area (Å²) in [5.41, 5.74) is -1.54. The summed E-state index contributed by atoms with van der Waals surface area (Å²) in [6.07, 6.45) is 7.68. The molecule has 0 amide bonds. The van der Waals surface area contributed by atoms with Crippen LogP contribution in [-0.4, -0.2) is 96.6 Å². The van der Waals surface area contributed by atoms with Gasteiger partial charge in [-0.25, -0.2) is 0 Å². The molecule has 0 bridgehead atoms. The molecular weight excluding hydrogens is 371 g/mol. The molecular formula is C21H29KO5. The Bertz CT molecular complexity index is 730. The number of hydrogen-bond donors (Lipinski definition) is 3. The van der Waals surface area contributed by atoms with Crippen molar-refractivity contribution in [3.05, 3.63) is 23.8 Å². The minimum absolute atomic E-state index is 0. The summed E-state index contributed by atoms with van der Waals surface area (Å²) in [5, 5.41) is 31.7. The number of carbonyl (C=O) groups excluding carboxylic acids is 2. The van der Waals surface area contributed by atoms with Crippen molar-refractivity contribution in [3.63, 3.8) is 0 Å². The second kappa shape index (κ2) is 7.24. The van der Waals surface area contributed by atoms with E-state index in [1.807, 2.05) is 13.0 Å². The molecule has 0 aromatic heterocycles. The molecule has 3 saturated carbocycles. The van der Waals surface area contributed by atoms with Gasteiger partial charge in [-0.3, -0.25) is 9.59 Å². The van der Waals surface area contributed by atoms with E-state index in [1.165, 1.54) is 0 Å². The summed E-state index contributed by atoms with van der Waals surface area (Å²) in [5.74, 6) is -0.227. The van der Waals surface area contributed by atoms with Crippen LogP contribution < -0.4 is 0 Å². The Labute approximate surface area is 202 Å². The molecule has 6 heteroatoms. The van der Waals surface area contributed by atoms with Crippen molar-refractivity contribution in [3.8, 4) is 0 Å². The van der Waals surface area contributed by atoms with Crippen molar-refractivity contribution < 1.29 is 24.9 Å². The van der Waals surface area contributed by atoms with Crippen LogP contribution in [0.25, 0.3) is 0 Å². The first-order valence-electron chi connectivity index (χ1n) is 9.66. The summed E-state index contributed by atoms with van der Waals surface area (Å²) in [4.78, 5) is 24.2. The second-order valence-corrected chi connectivity index (χ2v) is 9.19. The van der Waals surface area contributed by atoms with Crippen LogP contribution in [0.2, 0.25) is 0 Å². The van der Waals surface area contributed by atoms with Gasteiger partial charge < -0.3 is 15.3 Å². The molecule has 4 rings (SSSR count). The molecule has 144 valence electrons. The summed E-state index contributed by atoms with van der Waals surface area (Å²) < 4.78 is 0. The fraction of sp³-hybridized carbons (Fsp3) is 0.714. The number of aliphatic hydroxyl groups excluding tert-OH is 2. The molecule has 5 nitrogen and oxygen atoms in total. The molecule has 0 radical (unpaired) electrons. The fourth-order valence-electron chi connectivity index (χ4n) is 6.92. The maximum atomic E-state index is 12.4. The molecule has 3 N–H and O–H groups in total. The van der Waals surface area contributed by atoms with Crippen molar-refractivity contribution in [1.82, 2.24) is 0 Å². The first-order valence-corrected chi connectivity index (χ1v) is 9.66. The van der Waals surface area contributed by atoms with Crippen LogP contribution in [0, 0.1) is 28.6 Å². The molecule has 4 aliphatic carbocycles. The Morgan fingerprint density at radius 3 is 2.67 bits per heavy atom. The van der Waals surface area contributed by atoms with Crippen molar-refractivity contribution in [1.29, 1.82) is 0 Å². The van der Waals surface area contributed by atoms with E-state index in [4.69, 9.17) is 0 Å². The van der Waals surface area contributed by atoms with E-state index in [2.05, 4.69) is 6.92 Å². The van der Waals surface area contributed by atoms with E-state index in [9.17, 15) is 24.9 Å². The topological polar surface area (TPSA) is 94.8 Å². The number of rotatable bonds is 2. The van der Waals surface area contributed by atoms with E-state index in [0.29, 0.717) is 12.8 Å². The van der Waals surface area contributed by atoms with Gasteiger partial charge in [0.05, 0.1) is 6.10 Å². The standard InChI is InChI=1S/C21H28O5.K.H/c1-19-7-5-13(23)9-12(19)3-4-14-15-6-8-21(26,17(25)11-22)20(15,2)10-16(24)18(14)19;;/h5,7,9,14-16,18,22,24,26H,3-4,6,8,10-11H2,1-2H3;;/t14-,15-,16-,18+,19-,20-,21-;;/m0../s1.